The molecular formula is C24H41N3O5. The number of carbonyl (C=O) groups excluding carboxylic acids is 3. The highest BCUT2D eigenvalue weighted by Crippen LogP contribution is 2.65. The molecule has 3 saturated heterocycles. The van der Waals surface area contributed by atoms with Gasteiger partial charge in [0.1, 0.15) is 11.6 Å². The van der Waals surface area contributed by atoms with Gasteiger partial charge in [-0.1, -0.05) is 33.1 Å². The third-order valence-electron chi connectivity index (χ3n) is 8.01. The zero-order valence-corrected chi connectivity index (χ0v) is 20.3. The number of aliphatic hydroxyl groups excluding tert-OH is 1. The Kier molecular flexibility index (Phi) is 7.55. The van der Waals surface area contributed by atoms with Crippen LogP contribution in [0.5, 0.6) is 0 Å². The van der Waals surface area contributed by atoms with Gasteiger partial charge in [-0.15, -0.1) is 0 Å². The summed E-state index contributed by atoms with van der Waals surface area (Å²) >= 11 is 0. The van der Waals surface area contributed by atoms with Gasteiger partial charge < -0.3 is 25.4 Å². The summed E-state index contributed by atoms with van der Waals surface area (Å²) in [5, 5.41) is 14.9. The second-order valence-electron chi connectivity index (χ2n) is 10.2. The largest absolute Gasteiger partial charge is 0.396 e. The van der Waals surface area contributed by atoms with E-state index in [4.69, 9.17) is 9.84 Å². The molecule has 7 atom stereocenters. The van der Waals surface area contributed by atoms with Gasteiger partial charge >= 0.3 is 0 Å². The predicted octanol–water partition coefficient (Wildman–Crippen LogP) is 1.60. The van der Waals surface area contributed by atoms with E-state index >= 15 is 0 Å². The quantitative estimate of drug-likeness (QED) is 0.414. The topological polar surface area (TPSA) is 108 Å². The minimum atomic E-state index is -0.969. The molecule has 8 nitrogen and oxygen atoms in total. The maximum atomic E-state index is 13.7. The van der Waals surface area contributed by atoms with Crippen LogP contribution in [0.15, 0.2) is 0 Å². The van der Waals surface area contributed by atoms with Gasteiger partial charge in [-0.05, 0) is 45.4 Å². The lowest BCUT2D eigenvalue weighted by Crippen LogP contribution is -2.57. The number of nitrogens with one attached hydrogen (secondary N) is 2. The summed E-state index contributed by atoms with van der Waals surface area (Å²) in [5.41, 5.74) is -1.73. The highest BCUT2D eigenvalue weighted by molar-refractivity contribution is 5.99. The Morgan fingerprint density at radius 1 is 1.25 bits per heavy atom. The number of hydrogen-bond donors (Lipinski definition) is 3. The molecule has 3 aliphatic rings. The average molecular weight is 452 g/mol. The van der Waals surface area contributed by atoms with E-state index in [2.05, 4.69) is 24.5 Å². The number of likely N-dealkylation sites (tertiary alicyclic amines) is 1. The average Bonchev–Trinajstić information content (AvgIpc) is 3.24. The van der Waals surface area contributed by atoms with Crippen LogP contribution >= 0.6 is 0 Å². The van der Waals surface area contributed by atoms with Crippen LogP contribution < -0.4 is 10.6 Å². The van der Waals surface area contributed by atoms with Crippen molar-refractivity contribution in [1.82, 2.24) is 15.5 Å². The van der Waals surface area contributed by atoms with Crippen LogP contribution in [0.3, 0.4) is 0 Å². The first-order valence-corrected chi connectivity index (χ1v) is 12.3. The minimum absolute atomic E-state index is 0.00538. The van der Waals surface area contributed by atoms with Gasteiger partial charge in [-0.2, -0.15) is 0 Å². The number of nitrogens with zero attached hydrogens (tertiary/aromatic N) is 1. The van der Waals surface area contributed by atoms with E-state index in [1.807, 2.05) is 13.8 Å². The molecule has 0 aliphatic carbocycles. The van der Waals surface area contributed by atoms with Gasteiger partial charge in [0.25, 0.3) is 0 Å². The molecule has 0 radical (unpaired) electrons. The van der Waals surface area contributed by atoms with Crippen molar-refractivity contribution in [3.63, 3.8) is 0 Å². The van der Waals surface area contributed by atoms with Crippen molar-refractivity contribution in [3.8, 4) is 0 Å². The van der Waals surface area contributed by atoms with E-state index in [0.717, 1.165) is 38.5 Å². The Labute approximate surface area is 191 Å². The molecule has 3 N–H and O–H groups in total. The Hall–Kier alpha value is -1.67. The number of carbonyl (C=O) groups is 3. The lowest BCUT2D eigenvalue weighted by molar-refractivity contribution is -0.147. The van der Waals surface area contributed by atoms with E-state index in [-0.39, 0.29) is 36.3 Å². The second kappa shape index (κ2) is 9.67. The Morgan fingerprint density at radius 2 is 1.94 bits per heavy atom. The summed E-state index contributed by atoms with van der Waals surface area (Å²) in [6, 6.07) is -0.720. The van der Waals surface area contributed by atoms with Gasteiger partial charge in [-0.3, -0.25) is 14.4 Å². The van der Waals surface area contributed by atoms with Crippen LogP contribution in [0.1, 0.15) is 72.6 Å². The normalized spacial score (nSPS) is 36.3. The molecule has 32 heavy (non-hydrogen) atoms. The first-order chi connectivity index (χ1) is 15.2. The van der Waals surface area contributed by atoms with E-state index < -0.39 is 29.1 Å². The molecule has 8 heteroatoms. The lowest BCUT2D eigenvalue weighted by Gasteiger charge is -2.36. The minimum Gasteiger partial charge on any atom is -0.396 e. The first-order valence-electron chi connectivity index (χ1n) is 12.3. The van der Waals surface area contributed by atoms with Crippen LogP contribution in [0.2, 0.25) is 0 Å². The highest BCUT2D eigenvalue weighted by Gasteiger charge is 2.79. The Balaban J connectivity index is 1.93. The predicted molar refractivity (Wildman–Crippen MR) is 121 cm³/mol. The maximum Gasteiger partial charge on any atom is 0.246 e. The molecule has 1 spiro atoms. The van der Waals surface area contributed by atoms with Gasteiger partial charge in [0.2, 0.25) is 17.7 Å². The fourth-order valence-electron chi connectivity index (χ4n) is 6.41. The summed E-state index contributed by atoms with van der Waals surface area (Å²) in [7, 11) is 1.59. The van der Waals surface area contributed by atoms with Crippen LogP contribution in [0.25, 0.3) is 0 Å². The van der Waals surface area contributed by atoms with Crippen molar-refractivity contribution in [2.24, 2.45) is 17.8 Å². The van der Waals surface area contributed by atoms with Gasteiger partial charge in [0.15, 0.2) is 0 Å². The fraction of sp³-hybridized carbons (Fsp3) is 0.875. The van der Waals surface area contributed by atoms with Crippen molar-refractivity contribution >= 4 is 17.7 Å². The molecule has 3 heterocycles. The van der Waals surface area contributed by atoms with Gasteiger partial charge in [0, 0.05) is 26.2 Å². The van der Waals surface area contributed by atoms with Crippen LogP contribution in [0.4, 0.5) is 0 Å². The van der Waals surface area contributed by atoms with Gasteiger partial charge in [-0.25, -0.2) is 0 Å². The molecule has 3 rings (SSSR count). The zero-order chi connectivity index (χ0) is 23.7. The van der Waals surface area contributed by atoms with Crippen LogP contribution in [0, 0.1) is 17.8 Å². The number of amides is 3. The molecule has 3 aliphatic heterocycles. The van der Waals surface area contributed by atoms with Crippen molar-refractivity contribution in [2.75, 3.05) is 20.2 Å². The van der Waals surface area contributed by atoms with Crippen molar-refractivity contribution in [3.05, 3.63) is 0 Å². The number of aliphatic hydroxyl groups is 1. The summed E-state index contributed by atoms with van der Waals surface area (Å²) in [5.74, 6) is -1.69. The standard InChI is InChI=1S/C24H41N3O5/c1-6-11-16(3)26-21(30)19-24-14-15(2)23(4,32-24)17(20(29)25-5)18(24)22(31)27(19)12-9-7-8-10-13-28/h15-19,28H,6-14H2,1-5H3,(H,25,29)(H,26,30)/t15?,16?,17-,18-,19?,23+,24?/m0/s1. The monoisotopic (exact) mass is 451 g/mol. The Morgan fingerprint density at radius 3 is 2.56 bits per heavy atom. The van der Waals surface area contributed by atoms with E-state index in [9.17, 15) is 14.4 Å². The molecule has 0 aromatic heterocycles. The Bertz CT molecular complexity index is 730. The molecule has 0 aromatic rings. The second-order valence-corrected chi connectivity index (χ2v) is 10.2. The van der Waals surface area contributed by atoms with Crippen LogP contribution in [-0.2, 0) is 19.1 Å². The van der Waals surface area contributed by atoms with Crippen molar-refractivity contribution < 1.29 is 24.2 Å². The fourth-order valence-corrected chi connectivity index (χ4v) is 6.41. The van der Waals surface area contributed by atoms with Crippen molar-refractivity contribution in [2.45, 2.75) is 95.9 Å². The number of fused-ring (bicyclic) bond motifs is 1. The first kappa shape index (κ1) is 25.0. The molecule has 0 saturated carbocycles. The van der Waals surface area contributed by atoms with E-state index in [1.54, 1.807) is 11.9 Å². The summed E-state index contributed by atoms with van der Waals surface area (Å²) in [6.07, 6.45) is 5.64. The van der Waals surface area contributed by atoms with E-state index in [1.165, 1.54) is 0 Å². The molecule has 182 valence electrons. The number of hydrogen-bond acceptors (Lipinski definition) is 5. The molecule has 0 aromatic carbocycles. The number of unbranched alkanes of at least 4 members (excludes halogenated alkanes) is 3. The zero-order valence-electron chi connectivity index (χ0n) is 20.3. The SMILES string of the molecule is CCCC(C)NC(=O)C1N(CCCCCCO)C(=O)[C@@H]2[C@@H](C(=O)NC)[C@]3(C)OC12CC3C. The van der Waals surface area contributed by atoms with Crippen LogP contribution in [-0.4, -0.2) is 71.2 Å². The number of ether oxygens (including phenoxy) is 1. The highest BCUT2D eigenvalue weighted by atomic mass is 16.5. The molecule has 4 unspecified atom stereocenters. The summed E-state index contributed by atoms with van der Waals surface area (Å²) in [6.45, 7) is 8.65. The third-order valence-corrected chi connectivity index (χ3v) is 8.01. The number of rotatable bonds is 11. The molecular weight excluding hydrogens is 410 g/mol. The third kappa shape index (κ3) is 3.94. The summed E-state index contributed by atoms with van der Waals surface area (Å²) < 4.78 is 6.62. The maximum absolute atomic E-state index is 13.7. The van der Waals surface area contributed by atoms with Gasteiger partial charge in [0.05, 0.1) is 17.4 Å². The lowest BCUT2D eigenvalue weighted by atomic mass is 9.62. The molecule has 2 bridgehead atoms. The van der Waals surface area contributed by atoms with E-state index in [0.29, 0.717) is 13.0 Å². The smallest absolute Gasteiger partial charge is 0.246 e. The van der Waals surface area contributed by atoms with Crippen molar-refractivity contribution in [1.29, 1.82) is 0 Å². The molecule has 3 fully saturated rings. The molecule has 3 amide bonds. The summed E-state index contributed by atoms with van der Waals surface area (Å²) in [4.78, 5) is 41.9.